The SMILES string of the molecule is Cc1cccc(-c2nc(CC(=O)Nc3nc(-c4cccs4)cs3)cs2)c1. The molecule has 0 saturated carbocycles. The number of anilines is 1. The highest BCUT2D eigenvalue weighted by Gasteiger charge is 2.12. The van der Waals surface area contributed by atoms with Crippen LogP contribution < -0.4 is 5.32 Å². The molecule has 0 spiro atoms. The van der Waals surface area contributed by atoms with Gasteiger partial charge in [-0.15, -0.1) is 34.0 Å². The Balaban J connectivity index is 1.41. The third-order valence-corrected chi connectivity index (χ3v) is 6.27. The van der Waals surface area contributed by atoms with E-state index in [9.17, 15) is 4.79 Å². The van der Waals surface area contributed by atoms with Crippen molar-refractivity contribution in [3.8, 4) is 21.1 Å². The summed E-state index contributed by atoms with van der Waals surface area (Å²) in [4.78, 5) is 22.5. The summed E-state index contributed by atoms with van der Waals surface area (Å²) in [6.45, 7) is 2.06. The number of carbonyl (C=O) groups excluding carboxylic acids is 1. The van der Waals surface area contributed by atoms with E-state index in [1.165, 1.54) is 16.9 Å². The van der Waals surface area contributed by atoms with Gasteiger partial charge in [0, 0.05) is 16.3 Å². The quantitative estimate of drug-likeness (QED) is 0.485. The molecule has 0 radical (unpaired) electrons. The van der Waals surface area contributed by atoms with Crippen molar-refractivity contribution in [2.45, 2.75) is 13.3 Å². The van der Waals surface area contributed by atoms with E-state index in [1.54, 1.807) is 22.7 Å². The number of hydrogen-bond donors (Lipinski definition) is 1. The topological polar surface area (TPSA) is 54.9 Å². The van der Waals surface area contributed by atoms with Gasteiger partial charge in [-0.25, -0.2) is 9.97 Å². The number of benzene rings is 1. The molecule has 0 atom stereocenters. The van der Waals surface area contributed by atoms with Crippen molar-refractivity contribution < 1.29 is 4.79 Å². The summed E-state index contributed by atoms with van der Waals surface area (Å²) in [6.07, 6.45) is 0.246. The fraction of sp³-hybridized carbons (Fsp3) is 0.105. The first-order valence-corrected chi connectivity index (χ1v) is 10.6. The molecule has 4 aromatic rings. The lowest BCUT2D eigenvalue weighted by Gasteiger charge is -2.00. The van der Waals surface area contributed by atoms with Gasteiger partial charge < -0.3 is 5.32 Å². The van der Waals surface area contributed by atoms with E-state index in [2.05, 4.69) is 34.3 Å². The molecule has 3 aromatic heterocycles. The smallest absolute Gasteiger partial charge is 0.232 e. The number of hydrogen-bond acceptors (Lipinski definition) is 6. The van der Waals surface area contributed by atoms with Gasteiger partial charge in [0.15, 0.2) is 5.13 Å². The molecule has 0 aliphatic heterocycles. The van der Waals surface area contributed by atoms with E-state index in [1.807, 2.05) is 40.4 Å². The maximum Gasteiger partial charge on any atom is 0.232 e. The molecule has 0 aliphatic rings. The third-order valence-electron chi connectivity index (χ3n) is 3.68. The minimum Gasteiger partial charge on any atom is -0.302 e. The molecule has 1 aromatic carbocycles. The van der Waals surface area contributed by atoms with Gasteiger partial charge in [-0.3, -0.25) is 4.79 Å². The van der Waals surface area contributed by atoms with E-state index >= 15 is 0 Å². The maximum atomic E-state index is 12.3. The van der Waals surface area contributed by atoms with E-state index < -0.39 is 0 Å². The Kier molecular flexibility index (Phi) is 4.92. The molecule has 4 rings (SSSR count). The van der Waals surface area contributed by atoms with Gasteiger partial charge in [-0.2, -0.15) is 0 Å². The van der Waals surface area contributed by atoms with Crippen molar-refractivity contribution in [2.24, 2.45) is 0 Å². The number of nitrogens with one attached hydrogen (secondary N) is 1. The van der Waals surface area contributed by atoms with Crippen LogP contribution in [0, 0.1) is 6.92 Å². The van der Waals surface area contributed by atoms with E-state index in [0.717, 1.165) is 26.8 Å². The number of thiazole rings is 2. The first kappa shape index (κ1) is 17.1. The molecular weight excluding hydrogens is 382 g/mol. The third kappa shape index (κ3) is 3.90. The Morgan fingerprint density at radius 1 is 1.08 bits per heavy atom. The fourth-order valence-electron chi connectivity index (χ4n) is 2.50. The van der Waals surface area contributed by atoms with Crippen LogP contribution in [0.3, 0.4) is 0 Å². The highest BCUT2D eigenvalue weighted by molar-refractivity contribution is 7.16. The zero-order valence-corrected chi connectivity index (χ0v) is 16.4. The largest absolute Gasteiger partial charge is 0.302 e. The van der Waals surface area contributed by atoms with Crippen LogP contribution in [0.2, 0.25) is 0 Å². The Hall–Kier alpha value is -2.35. The predicted octanol–water partition coefficient (Wildman–Crippen LogP) is 5.48. The Morgan fingerprint density at radius 2 is 2.00 bits per heavy atom. The first-order chi connectivity index (χ1) is 12.7. The Morgan fingerprint density at radius 3 is 2.81 bits per heavy atom. The average Bonchev–Trinajstić information content (AvgIpc) is 3.36. The molecule has 4 nitrogen and oxygen atoms in total. The Bertz CT molecular complexity index is 1030. The van der Waals surface area contributed by atoms with Gasteiger partial charge >= 0.3 is 0 Å². The van der Waals surface area contributed by atoms with Gasteiger partial charge in [-0.1, -0.05) is 29.8 Å². The summed E-state index contributed by atoms with van der Waals surface area (Å²) < 4.78 is 0. The zero-order valence-electron chi connectivity index (χ0n) is 13.9. The Labute approximate surface area is 163 Å². The number of nitrogens with zero attached hydrogens (tertiary/aromatic N) is 2. The number of amides is 1. The van der Waals surface area contributed by atoms with Gasteiger partial charge in [0.05, 0.1) is 22.7 Å². The minimum absolute atomic E-state index is 0.0989. The second-order valence-corrected chi connectivity index (χ2v) is 8.42. The number of rotatable bonds is 5. The lowest BCUT2D eigenvalue weighted by atomic mass is 10.1. The molecule has 0 aliphatic carbocycles. The van der Waals surface area contributed by atoms with Gasteiger partial charge in [-0.05, 0) is 24.4 Å². The van der Waals surface area contributed by atoms with Gasteiger partial charge in [0.25, 0.3) is 0 Å². The minimum atomic E-state index is -0.0989. The molecule has 7 heteroatoms. The van der Waals surface area contributed by atoms with Crippen molar-refractivity contribution in [1.29, 1.82) is 0 Å². The monoisotopic (exact) mass is 397 g/mol. The van der Waals surface area contributed by atoms with E-state index in [0.29, 0.717) is 5.13 Å². The second-order valence-electron chi connectivity index (χ2n) is 5.75. The summed E-state index contributed by atoms with van der Waals surface area (Å²) in [6, 6.07) is 12.2. The number of aromatic nitrogens is 2. The molecule has 3 heterocycles. The van der Waals surface area contributed by atoms with Crippen molar-refractivity contribution in [2.75, 3.05) is 5.32 Å². The van der Waals surface area contributed by atoms with Crippen LogP contribution >= 0.6 is 34.0 Å². The van der Waals surface area contributed by atoms with Crippen LogP contribution in [0.4, 0.5) is 5.13 Å². The molecule has 1 amide bonds. The van der Waals surface area contributed by atoms with Crippen molar-refractivity contribution in [3.63, 3.8) is 0 Å². The highest BCUT2D eigenvalue weighted by atomic mass is 32.1. The van der Waals surface area contributed by atoms with Crippen LogP contribution in [0.15, 0.2) is 52.5 Å². The molecule has 0 unspecified atom stereocenters. The van der Waals surface area contributed by atoms with Crippen LogP contribution in [0.5, 0.6) is 0 Å². The van der Waals surface area contributed by atoms with Crippen LogP contribution in [-0.2, 0) is 11.2 Å². The molecule has 130 valence electrons. The summed E-state index contributed by atoms with van der Waals surface area (Å²) in [5.41, 5.74) is 3.96. The fourth-order valence-corrected chi connectivity index (χ4v) is 4.80. The predicted molar refractivity (Wildman–Crippen MR) is 110 cm³/mol. The van der Waals surface area contributed by atoms with Crippen molar-refractivity contribution >= 4 is 45.0 Å². The standard InChI is InChI=1S/C19H15N3OS3/c1-12-4-2-5-13(8-12)18-20-14(10-25-18)9-17(23)22-19-21-15(11-26-19)16-6-3-7-24-16/h2-8,10-11H,9H2,1H3,(H,21,22,23). The summed E-state index contributed by atoms with van der Waals surface area (Å²) in [5, 5.41) is 10.3. The summed E-state index contributed by atoms with van der Waals surface area (Å²) >= 11 is 4.63. The van der Waals surface area contributed by atoms with Crippen molar-refractivity contribution in [3.05, 3.63) is 63.8 Å². The molecule has 1 N–H and O–H groups in total. The molecule has 26 heavy (non-hydrogen) atoms. The molecular formula is C19H15N3OS3. The lowest BCUT2D eigenvalue weighted by Crippen LogP contribution is -2.14. The van der Waals surface area contributed by atoms with E-state index in [4.69, 9.17) is 0 Å². The first-order valence-electron chi connectivity index (χ1n) is 7.98. The van der Waals surface area contributed by atoms with Crippen LogP contribution in [-0.4, -0.2) is 15.9 Å². The zero-order chi connectivity index (χ0) is 17.9. The van der Waals surface area contributed by atoms with Crippen molar-refractivity contribution in [1.82, 2.24) is 9.97 Å². The summed E-state index contributed by atoms with van der Waals surface area (Å²) in [7, 11) is 0. The lowest BCUT2D eigenvalue weighted by molar-refractivity contribution is -0.115. The van der Waals surface area contributed by atoms with Gasteiger partial charge in [0.1, 0.15) is 5.01 Å². The van der Waals surface area contributed by atoms with Crippen LogP contribution in [0.1, 0.15) is 11.3 Å². The number of aryl methyl sites for hydroxylation is 1. The number of thiophene rings is 1. The van der Waals surface area contributed by atoms with E-state index in [-0.39, 0.29) is 12.3 Å². The molecule has 0 fully saturated rings. The maximum absolute atomic E-state index is 12.3. The second kappa shape index (κ2) is 7.49. The summed E-state index contributed by atoms with van der Waals surface area (Å²) in [5.74, 6) is -0.0989. The highest BCUT2D eigenvalue weighted by Crippen LogP contribution is 2.28. The average molecular weight is 398 g/mol. The molecule has 0 saturated heterocycles. The normalized spacial score (nSPS) is 10.8. The van der Waals surface area contributed by atoms with Gasteiger partial charge in [0.2, 0.25) is 5.91 Å². The van der Waals surface area contributed by atoms with Crippen LogP contribution in [0.25, 0.3) is 21.1 Å². The molecule has 0 bridgehead atoms. The number of carbonyl (C=O) groups is 1.